The lowest BCUT2D eigenvalue weighted by molar-refractivity contribution is -0.139. The van der Waals surface area contributed by atoms with Crippen molar-refractivity contribution in [2.75, 3.05) is 13.2 Å². The molecule has 3 N–H and O–H groups in total. The SMILES string of the molecule is CC1=C(C(=O)OCCc2cc(F)cc(F)c2)C(CO)NC(=S)N1. The number of hydrogen-bond acceptors (Lipinski definition) is 4. The van der Waals surface area contributed by atoms with Crippen molar-refractivity contribution in [3.8, 4) is 0 Å². The van der Waals surface area contributed by atoms with Crippen molar-refractivity contribution < 1.29 is 23.4 Å². The Hall–Kier alpha value is -2.06. The number of esters is 1. The molecule has 23 heavy (non-hydrogen) atoms. The van der Waals surface area contributed by atoms with Crippen LogP contribution in [0.25, 0.3) is 0 Å². The number of carbonyl (C=O) groups is 1. The molecule has 1 unspecified atom stereocenters. The third-order valence-electron chi connectivity index (χ3n) is 3.31. The van der Waals surface area contributed by atoms with Crippen LogP contribution in [0.4, 0.5) is 8.78 Å². The number of carbonyl (C=O) groups excluding carboxylic acids is 1. The van der Waals surface area contributed by atoms with Crippen LogP contribution in [0, 0.1) is 11.6 Å². The molecule has 1 aromatic rings. The Morgan fingerprint density at radius 1 is 1.35 bits per heavy atom. The molecule has 0 spiro atoms. The highest BCUT2D eigenvalue weighted by Crippen LogP contribution is 2.14. The van der Waals surface area contributed by atoms with E-state index < -0.39 is 23.6 Å². The Balaban J connectivity index is 1.98. The molecule has 1 heterocycles. The van der Waals surface area contributed by atoms with Gasteiger partial charge in [0.2, 0.25) is 0 Å². The average Bonchev–Trinajstić information content (AvgIpc) is 2.45. The van der Waals surface area contributed by atoms with E-state index >= 15 is 0 Å². The van der Waals surface area contributed by atoms with Gasteiger partial charge >= 0.3 is 5.97 Å². The zero-order valence-electron chi connectivity index (χ0n) is 12.4. The van der Waals surface area contributed by atoms with E-state index in [1.807, 2.05) is 0 Å². The van der Waals surface area contributed by atoms with Gasteiger partial charge in [-0.3, -0.25) is 0 Å². The number of allylic oxidation sites excluding steroid dienone is 1. The number of thiocarbonyl (C=S) groups is 1. The Morgan fingerprint density at radius 2 is 2.00 bits per heavy atom. The molecule has 0 aliphatic carbocycles. The highest BCUT2D eigenvalue weighted by molar-refractivity contribution is 7.80. The lowest BCUT2D eigenvalue weighted by Gasteiger charge is -2.28. The average molecular weight is 342 g/mol. The molecule has 0 aromatic heterocycles. The maximum Gasteiger partial charge on any atom is 0.337 e. The summed E-state index contributed by atoms with van der Waals surface area (Å²) in [6.45, 7) is 1.29. The molecule has 0 saturated carbocycles. The standard InChI is InChI=1S/C15H16F2N2O3S/c1-8-13(12(7-20)19-15(23)18-8)14(21)22-3-2-9-4-10(16)6-11(17)5-9/h4-6,12,20H,2-3,7H2,1H3,(H2,18,19,23). The van der Waals surface area contributed by atoms with Crippen molar-refractivity contribution >= 4 is 23.3 Å². The van der Waals surface area contributed by atoms with Gasteiger partial charge < -0.3 is 20.5 Å². The minimum atomic E-state index is -0.681. The van der Waals surface area contributed by atoms with Gasteiger partial charge in [-0.25, -0.2) is 13.6 Å². The molecule has 0 fully saturated rings. The maximum atomic E-state index is 13.1. The summed E-state index contributed by atoms with van der Waals surface area (Å²) in [5.74, 6) is -1.99. The quantitative estimate of drug-likeness (QED) is 0.551. The summed E-state index contributed by atoms with van der Waals surface area (Å²) < 4.78 is 31.3. The first-order chi connectivity index (χ1) is 10.9. The molecule has 0 saturated heterocycles. The summed E-state index contributed by atoms with van der Waals surface area (Å²) in [5, 5.41) is 15.2. The first kappa shape index (κ1) is 17.3. The van der Waals surface area contributed by atoms with E-state index in [4.69, 9.17) is 17.0 Å². The Morgan fingerprint density at radius 3 is 2.61 bits per heavy atom. The van der Waals surface area contributed by atoms with Gasteiger partial charge in [-0.1, -0.05) is 0 Å². The summed E-state index contributed by atoms with van der Waals surface area (Å²) >= 11 is 4.95. The van der Waals surface area contributed by atoms with Crippen molar-refractivity contribution in [1.29, 1.82) is 0 Å². The predicted molar refractivity (Wildman–Crippen MR) is 83.5 cm³/mol. The fourth-order valence-corrected chi connectivity index (χ4v) is 2.59. The number of rotatable bonds is 5. The van der Waals surface area contributed by atoms with Crippen LogP contribution in [0.1, 0.15) is 12.5 Å². The van der Waals surface area contributed by atoms with Gasteiger partial charge in [0.05, 0.1) is 24.8 Å². The predicted octanol–water partition coefficient (Wildman–Crippen LogP) is 1.16. The number of nitrogens with one attached hydrogen (secondary N) is 2. The smallest absolute Gasteiger partial charge is 0.337 e. The molecular weight excluding hydrogens is 326 g/mol. The van der Waals surface area contributed by atoms with E-state index in [0.29, 0.717) is 16.4 Å². The summed E-state index contributed by atoms with van der Waals surface area (Å²) in [4.78, 5) is 12.1. The summed E-state index contributed by atoms with van der Waals surface area (Å²) in [6, 6.07) is 2.49. The van der Waals surface area contributed by atoms with Crippen LogP contribution in [0.5, 0.6) is 0 Å². The molecule has 124 valence electrons. The fourth-order valence-electron chi connectivity index (χ4n) is 2.29. The van der Waals surface area contributed by atoms with Crippen molar-refractivity contribution in [2.45, 2.75) is 19.4 Å². The summed E-state index contributed by atoms with van der Waals surface area (Å²) in [5.41, 5.74) is 1.13. The second-order valence-electron chi connectivity index (χ2n) is 5.04. The van der Waals surface area contributed by atoms with Gasteiger partial charge in [-0.2, -0.15) is 0 Å². The number of aliphatic hydroxyl groups excluding tert-OH is 1. The topological polar surface area (TPSA) is 70.6 Å². The lowest BCUT2D eigenvalue weighted by Crippen LogP contribution is -2.51. The summed E-state index contributed by atoms with van der Waals surface area (Å²) in [6.07, 6.45) is 0.176. The van der Waals surface area contributed by atoms with Crippen molar-refractivity contribution in [2.24, 2.45) is 0 Å². The normalized spacial score (nSPS) is 17.6. The zero-order valence-corrected chi connectivity index (χ0v) is 13.2. The van der Waals surface area contributed by atoms with Crippen LogP contribution in [-0.2, 0) is 16.0 Å². The van der Waals surface area contributed by atoms with Crippen LogP contribution >= 0.6 is 12.2 Å². The summed E-state index contributed by atoms with van der Waals surface area (Å²) in [7, 11) is 0. The molecular formula is C15H16F2N2O3S. The molecule has 1 aromatic carbocycles. The zero-order chi connectivity index (χ0) is 17.0. The number of hydrogen-bond donors (Lipinski definition) is 3. The van der Waals surface area contributed by atoms with Crippen LogP contribution in [0.3, 0.4) is 0 Å². The molecule has 0 radical (unpaired) electrons. The van der Waals surface area contributed by atoms with E-state index in [0.717, 1.165) is 6.07 Å². The Labute approximate surface area is 137 Å². The minimum absolute atomic E-state index is 0.0406. The second-order valence-corrected chi connectivity index (χ2v) is 5.44. The van der Waals surface area contributed by atoms with Gasteiger partial charge in [0.15, 0.2) is 5.11 Å². The molecule has 8 heteroatoms. The molecule has 2 rings (SSSR count). The second kappa shape index (κ2) is 7.47. The molecule has 5 nitrogen and oxygen atoms in total. The number of halogens is 2. The largest absolute Gasteiger partial charge is 0.462 e. The third-order valence-corrected chi connectivity index (χ3v) is 3.53. The van der Waals surface area contributed by atoms with Crippen LogP contribution in [0.15, 0.2) is 29.5 Å². The van der Waals surface area contributed by atoms with Crippen molar-refractivity contribution in [3.05, 3.63) is 46.7 Å². The molecule has 1 atom stereocenters. The number of ether oxygens (including phenoxy) is 1. The molecule has 1 aliphatic rings. The van der Waals surface area contributed by atoms with Crippen LogP contribution in [-0.4, -0.2) is 35.4 Å². The highest BCUT2D eigenvalue weighted by Gasteiger charge is 2.29. The molecule has 1 aliphatic heterocycles. The first-order valence-corrected chi connectivity index (χ1v) is 7.32. The van der Waals surface area contributed by atoms with Crippen molar-refractivity contribution in [3.63, 3.8) is 0 Å². The van der Waals surface area contributed by atoms with Crippen molar-refractivity contribution in [1.82, 2.24) is 10.6 Å². The van der Waals surface area contributed by atoms with E-state index in [9.17, 15) is 18.7 Å². The minimum Gasteiger partial charge on any atom is -0.462 e. The van der Waals surface area contributed by atoms with Gasteiger partial charge in [0.25, 0.3) is 0 Å². The lowest BCUT2D eigenvalue weighted by atomic mass is 10.0. The van der Waals surface area contributed by atoms with E-state index in [-0.39, 0.29) is 25.2 Å². The molecule has 0 bridgehead atoms. The maximum absolute atomic E-state index is 13.1. The van der Waals surface area contributed by atoms with Crippen LogP contribution in [0.2, 0.25) is 0 Å². The Bertz CT molecular complexity index is 644. The van der Waals surface area contributed by atoms with E-state index in [2.05, 4.69) is 10.6 Å². The fraction of sp³-hybridized carbons (Fsp3) is 0.333. The van der Waals surface area contributed by atoms with Gasteiger partial charge in [-0.15, -0.1) is 0 Å². The highest BCUT2D eigenvalue weighted by atomic mass is 32.1. The number of aliphatic hydroxyl groups is 1. The number of benzene rings is 1. The van der Waals surface area contributed by atoms with E-state index in [1.165, 1.54) is 12.1 Å². The third kappa shape index (κ3) is 4.46. The van der Waals surface area contributed by atoms with Gasteiger partial charge in [-0.05, 0) is 36.8 Å². The molecule has 0 amide bonds. The van der Waals surface area contributed by atoms with Gasteiger partial charge in [0.1, 0.15) is 11.6 Å². The van der Waals surface area contributed by atoms with Gasteiger partial charge in [0, 0.05) is 18.2 Å². The Kier molecular flexibility index (Phi) is 5.62. The first-order valence-electron chi connectivity index (χ1n) is 6.92. The van der Waals surface area contributed by atoms with Crippen LogP contribution < -0.4 is 10.6 Å². The van der Waals surface area contributed by atoms with E-state index in [1.54, 1.807) is 6.92 Å². The monoisotopic (exact) mass is 342 g/mol.